The molecule has 1 aromatic heterocycles. The molecule has 0 saturated heterocycles. The smallest absolute Gasteiger partial charge is 0.306 e. The summed E-state index contributed by atoms with van der Waals surface area (Å²) < 4.78 is 0. The van der Waals surface area contributed by atoms with Crippen LogP contribution in [-0.2, 0) is 23.4 Å². The maximum atomic E-state index is 11.0. The minimum atomic E-state index is -0.703. The quantitative estimate of drug-likeness (QED) is 0.905. The number of rotatable bonds is 4. The summed E-state index contributed by atoms with van der Waals surface area (Å²) in [5.74, 6) is 1.81. The third-order valence-corrected chi connectivity index (χ3v) is 4.18. The fourth-order valence-corrected chi connectivity index (χ4v) is 2.83. The summed E-state index contributed by atoms with van der Waals surface area (Å²) in [6.45, 7) is 4.08. The van der Waals surface area contributed by atoms with Crippen molar-refractivity contribution in [1.29, 1.82) is 0 Å². The number of aromatic nitrogens is 2. The van der Waals surface area contributed by atoms with Crippen LogP contribution in [0, 0.1) is 12.8 Å². The Bertz CT molecular complexity index is 463. The van der Waals surface area contributed by atoms with E-state index in [0.717, 1.165) is 40.7 Å². The van der Waals surface area contributed by atoms with Gasteiger partial charge in [0.2, 0.25) is 0 Å². The molecular weight excluding hydrogens is 248 g/mol. The van der Waals surface area contributed by atoms with E-state index in [2.05, 4.69) is 16.9 Å². The van der Waals surface area contributed by atoms with Crippen molar-refractivity contribution in [2.75, 3.05) is 5.75 Å². The van der Waals surface area contributed by atoms with E-state index in [9.17, 15) is 4.79 Å². The number of aliphatic carboxylic acids is 1. The van der Waals surface area contributed by atoms with Gasteiger partial charge in [-0.3, -0.25) is 4.79 Å². The van der Waals surface area contributed by atoms with Gasteiger partial charge in [-0.25, -0.2) is 9.97 Å². The molecule has 0 amide bonds. The first-order valence-corrected chi connectivity index (χ1v) is 7.43. The summed E-state index contributed by atoms with van der Waals surface area (Å²) in [7, 11) is 0. The second-order valence-corrected chi connectivity index (χ2v) is 5.84. The first kappa shape index (κ1) is 13.3. The standard InChI is InChI=1S/C13H18N2O2S/c1-3-18-7-12-14-8(2)10-6-9(13(16)17)4-5-11(10)15-12/h9H,3-7H2,1-2H3,(H,16,17). The Hall–Kier alpha value is -1.10. The van der Waals surface area contributed by atoms with Crippen molar-refractivity contribution in [3.63, 3.8) is 0 Å². The molecule has 1 aromatic rings. The van der Waals surface area contributed by atoms with Gasteiger partial charge >= 0.3 is 5.97 Å². The van der Waals surface area contributed by atoms with E-state index in [1.807, 2.05) is 6.92 Å². The SMILES string of the molecule is CCSCc1nc(C)c2c(n1)CCC(C(=O)O)C2. The van der Waals surface area contributed by atoms with Crippen LogP contribution in [0.25, 0.3) is 0 Å². The number of carboxylic acids is 1. The molecule has 0 radical (unpaired) electrons. The molecule has 1 heterocycles. The highest BCUT2D eigenvalue weighted by atomic mass is 32.2. The first-order valence-electron chi connectivity index (χ1n) is 6.27. The fourth-order valence-electron chi connectivity index (χ4n) is 2.32. The van der Waals surface area contributed by atoms with Crippen LogP contribution < -0.4 is 0 Å². The number of carbonyl (C=O) groups is 1. The highest BCUT2D eigenvalue weighted by molar-refractivity contribution is 7.98. The van der Waals surface area contributed by atoms with Crippen LogP contribution >= 0.6 is 11.8 Å². The number of nitrogens with zero attached hydrogens (tertiary/aromatic N) is 2. The average molecular weight is 266 g/mol. The molecule has 0 saturated carbocycles. The van der Waals surface area contributed by atoms with Crippen molar-refractivity contribution in [3.8, 4) is 0 Å². The van der Waals surface area contributed by atoms with E-state index in [0.29, 0.717) is 12.8 Å². The largest absolute Gasteiger partial charge is 0.481 e. The van der Waals surface area contributed by atoms with Crippen molar-refractivity contribution in [2.45, 2.75) is 38.9 Å². The normalized spacial score (nSPS) is 18.4. The van der Waals surface area contributed by atoms with Crippen LogP contribution in [0.5, 0.6) is 0 Å². The molecule has 1 unspecified atom stereocenters. The zero-order chi connectivity index (χ0) is 13.1. The van der Waals surface area contributed by atoms with E-state index in [-0.39, 0.29) is 5.92 Å². The van der Waals surface area contributed by atoms with Gasteiger partial charge in [0.05, 0.1) is 11.7 Å². The minimum Gasteiger partial charge on any atom is -0.481 e. The van der Waals surface area contributed by atoms with E-state index >= 15 is 0 Å². The molecule has 4 nitrogen and oxygen atoms in total. The Kier molecular flexibility index (Phi) is 4.22. The summed E-state index contributed by atoms with van der Waals surface area (Å²) in [5, 5.41) is 9.08. The number of carboxylic acid groups (broad SMARTS) is 1. The molecule has 0 fully saturated rings. The van der Waals surface area contributed by atoms with Crippen LogP contribution in [0.3, 0.4) is 0 Å². The Morgan fingerprint density at radius 2 is 2.28 bits per heavy atom. The van der Waals surface area contributed by atoms with Crippen molar-refractivity contribution < 1.29 is 9.90 Å². The summed E-state index contributed by atoms with van der Waals surface area (Å²) in [5.41, 5.74) is 3.07. The van der Waals surface area contributed by atoms with E-state index in [1.54, 1.807) is 11.8 Å². The highest BCUT2D eigenvalue weighted by Crippen LogP contribution is 2.26. The Morgan fingerprint density at radius 1 is 1.50 bits per heavy atom. The molecule has 18 heavy (non-hydrogen) atoms. The summed E-state index contributed by atoms with van der Waals surface area (Å²) >= 11 is 1.81. The molecular formula is C13H18N2O2S. The molecule has 98 valence electrons. The molecule has 2 rings (SSSR count). The van der Waals surface area contributed by atoms with Gasteiger partial charge in [-0.1, -0.05) is 6.92 Å². The molecule has 0 aliphatic heterocycles. The summed E-state index contributed by atoms with van der Waals surface area (Å²) in [6.07, 6.45) is 2.04. The average Bonchev–Trinajstić information content (AvgIpc) is 2.36. The summed E-state index contributed by atoms with van der Waals surface area (Å²) in [6, 6.07) is 0. The molecule has 1 N–H and O–H groups in total. The van der Waals surface area contributed by atoms with Crippen molar-refractivity contribution in [2.24, 2.45) is 5.92 Å². The molecule has 0 bridgehead atoms. The van der Waals surface area contributed by atoms with Gasteiger partial charge in [-0.2, -0.15) is 11.8 Å². The summed E-state index contributed by atoms with van der Waals surface area (Å²) in [4.78, 5) is 20.1. The fraction of sp³-hybridized carbons (Fsp3) is 0.615. The lowest BCUT2D eigenvalue weighted by atomic mass is 9.86. The van der Waals surface area contributed by atoms with Crippen LogP contribution in [0.4, 0.5) is 0 Å². The van der Waals surface area contributed by atoms with Crippen LogP contribution in [0.15, 0.2) is 0 Å². The number of aryl methyl sites for hydroxylation is 2. The van der Waals surface area contributed by atoms with Gasteiger partial charge in [0, 0.05) is 11.4 Å². The number of thioether (sulfide) groups is 1. The van der Waals surface area contributed by atoms with Gasteiger partial charge in [0.15, 0.2) is 0 Å². The number of fused-ring (bicyclic) bond motifs is 1. The van der Waals surface area contributed by atoms with Gasteiger partial charge in [0.1, 0.15) is 5.82 Å². The van der Waals surface area contributed by atoms with Crippen LogP contribution in [-0.4, -0.2) is 26.8 Å². The number of hydrogen-bond donors (Lipinski definition) is 1. The van der Waals surface area contributed by atoms with Crippen molar-refractivity contribution in [1.82, 2.24) is 9.97 Å². The minimum absolute atomic E-state index is 0.268. The monoisotopic (exact) mass is 266 g/mol. The molecule has 5 heteroatoms. The Morgan fingerprint density at radius 3 is 2.94 bits per heavy atom. The van der Waals surface area contributed by atoms with Gasteiger partial charge in [-0.05, 0) is 37.5 Å². The molecule has 1 aliphatic rings. The highest BCUT2D eigenvalue weighted by Gasteiger charge is 2.27. The predicted molar refractivity (Wildman–Crippen MR) is 71.8 cm³/mol. The molecule has 0 aromatic carbocycles. The zero-order valence-electron chi connectivity index (χ0n) is 10.8. The Labute approximate surface area is 111 Å². The first-order chi connectivity index (χ1) is 8.61. The number of hydrogen-bond acceptors (Lipinski definition) is 4. The third kappa shape index (κ3) is 2.83. The van der Waals surface area contributed by atoms with Crippen molar-refractivity contribution in [3.05, 3.63) is 22.8 Å². The van der Waals surface area contributed by atoms with Gasteiger partial charge < -0.3 is 5.11 Å². The Balaban J connectivity index is 2.22. The van der Waals surface area contributed by atoms with Crippen LogP contribution in [0.2, 0.25) is 0 Å². The third-order valence-electron chi connectivity index (χ3n) is 3.31. The lowest BCUT2D eigenvalue weighted by Crippen LogP contribution is -2.24. The zero-order valence-corrected chi connectivity index (χ0v) is 11.6. The van der Waals surface area contributed by atoms with E-state index < -0.39 is 5.97 Å². The maximum Gasteiger partial charge on any atom is 0.306 e. The second kappa shape index (κ2) is 5.69. The van der Waals surface area contributed by atoms with Crippen LogP contribution in [0.1, 0.15) is 36.1 Å². The maximum absolute atomic E-state index is 11.0. The van der Waals surface area contributed by atoms with Gasteiger partial charge in [0.25, 0.3) is 0 Å². The second-order valence-electron chi connectivity index (χ2n) is 4.57. The van der Waals surface area contributed by atoms with Gasteiger partial charge in [-0.15, -0.1) is 0 Å². The van der Waals surface area contributed by atoms with E-state index in [4.69, 9.17) is 5.11 Å². The molecule has 1 atom stereocenters. The topological polar surface area (TPSA) is 63.1 Å². The lowest BCUT2D eigenvalue weighted by molar-refractivity contribution is -0.142. The molecule has 0 spiro atoms. The lowest BCUT2D eigenvalue weighted by Gasteiger charge is -2.22. The predicted octanol–water partition coefficient (Wildman–Crippen LogP) is 2.23. The molecule has 1 aliphatic carbocycles. The van der Waals surface area contributed by atoms with E-state index in [1.165, 1.54) is 0 Å². The van der Waals surface area contributed by atoms with Crippen molar-refractivity contribution >= 4 is 17.7 Å².